The summed E-state index contributed by atoms with van der Waals surface area (Å²) in [6, 6.07) is 1.56. The van der Waals surface area contributed by atoms with Crippen LogP contribution in [0.4, 0.5) is 5.13 Å². The lowest BCUT2D eigenvalue weighted by Crippen LogP contribution is -2.14. The van der Waals surface area contributed by atoms with Crippen LogP contribution in [0.25, 0.3) is 0 Å². The van der Waals surface area contributed by atoms with E-state index >= 15 is 0 Å². The molecule has 21 heavy (non-hydrogen) atoms. The second-order valence-corrected chi connectivity index (χ2v) is 7.22. The molecule has 0 unspecified atom stereocenters. The van der Waals surface area contributed by atoms with E-state index in [1.54, 1.807) is 18.4 Å². The minimum absolute atomic E-state index is 0.156. The fourth-order valence-electron chi connectivity index (χ4n) is 1.84. The SMILES string of the molecule is CCCNCc1cc(S(=O)(=O)Nc2nc(C)cs2)c(C)o1. The van der Waals surface area contributed by atoms with E-state index < -0.39 is 10.0 Å². The summed E-state index contributed by atoms with van der Waals surface area (Å²) < 4.78 is 32.7. The van der Waals surface area contributed by atoms with E-state index in [9.17, 15) is 8.42 Å². The molecule has 0 atom stereocenters. The summed E-state index contributed by atoms with van der Waals surface area (Å²) in [4.78, 5) is 4.26. The van der Waals surface area contributed by atoms with Crippen LogP contribution in [-0.2, 0) is 16.6 Å². The van der Waals surface area contributed by atoms with E-state index in [4.69, 9.17) is 4.42 Å². The lowest BCUT2D eigenvalue weighted by Gasteiger charge is -2.02. The summed E-state index contributed by atoms with van der Waals surface area (Å²) in [6.07, 6.45) is 1.01. The molecule has 0 aliphatic rings. The van der Waals surface area contributed by atoms with E-state index in [2.05, 4.69) is 21.9 Å². The Balaban J connectivity index is 2.16. The second-order valence-electron chi connectivity index (χ2n) is 4.71. The maximum atomic E-state index is 12.4. The van der Waals surface area contributed by atoms with Crippen molar-refractivity contribution in [3.8, 4) is 0 Å². The first-order chi connectivity index (χ1) is 9.92. The van der Waals surface area contributed by atoms with Gasteiger partial charge in [0.15, 0.2) is 5.13 Å². The molecule has 0 saturated heterocycles. The molecule has 0 fully saturated rings. The highest BCUT2D eigenvalue weighted by molar-refractivity contribution is 7.93. The highest BCUT2D eigenvalue weighted by Crippen LogP contribution is 2.24. The number of aryl methyl sites for hydroxylation is 2. The zero-order valence-electron chi connectivity index (χ0n) is 12.3. The molecule has 2 aromatic rings. The summed E-state index contributed by atoms with van der Waals surface area (Å²) in [5, 5.41) is 5.33. The molecule has 0 spiro atoms. The topological polar surface area (TPSA) is 84.2 Å². The van der Waals surface area contributed by atoms with Gasteiger partial charge in [0.05, 0.1) is 12.2 Å². The van der Waals surface area contributed by atoms with E-state index in [0.29, 0.717) is 23.2 Å². The summed E-state index contributed by atoms with van der Waals surface area (Å²) in [7, 11) is -3.66. The molecule has 0 bridgehead atoms. The zero-order chi connectivity index (χ0) is 15.5. The van der Waals surface area contributed by atoms with E-state index in [1.165, 1.54) is 11.3 Å². The molecule has 0 saturated carbocycles. The Morgan fingerprint density at radius 1 is 1.38 bits per heavy atom. The molecular formula is C13H19N3O3S2. The molecule has 0 aromatic carbocycles. The van der Waals surface area contributed by atoms with Gasteiger partial charge in [-0.15, -0.1) is 11.3 Å². The van der Waals surface area contributed by atoms with Crippen LogP contribution in [0.3, 0.4) is 0 Å². The Kier molecular flexibility index (Phi) is 5.02. The number of sulfonamides is 1. The molecule has 2 aromatic heterocycles. The summed E-state index contributed by atoms with van der Waals surface area (Å²) in [5.74, 6) is 0.987. The maximum Gasteiger partial charge on any atom is 0.267 e. The lowest BCUT2D eigenvalue weighted by atomic mass is 10.4. The Morgan fingerprint density at radius 2 is 2.14 bits per heavy atom. The summed E-state index contributed by atoms with van der Waals surface area (Å²) in [5.41, 5.74) is 0.783. The van der Waals surface area contributed by atoms with E-state index in [-0.39, 0.29) is 4.90 Å². The predicted octanol–water partition coefficient (Wildman–Crippen LogP) is 2.65. The normalized spacial score (nSPS) is 11.8. The predicted molar refractivity (Wildman–Crippen MR) is 83.1 cm³/mol. The number of furan rings is 1. The van der Waals surface area contributed by atoms with Crippen molar-refractivity contribution >= 4 is 26.5 Å². The molecule has 2 heterocycles. The number of anilines is 1. The number of hydrogen-bond donors (Lipinski definition) is 2. The van der Waals surface area contributed by atoms with Crippen molar-refractivity contribution < 1.29 is 12.8 Å². The average Bonchev–Trinajstić information content (AvgIpc) is 2.96. The Hall–Kier alpha value is -1.38. The number of hydrogen-bond acceptors (Lipinski definition) is 6. The summed E-state index contributed by atoms with van der Waals surface area (Å²) in [6.45, 7) is 6.90. The monoisotopic (exact) mass is 329 g/mol. The van der Waals surface area contributed by atoms with Crippen molar-refractivity contribution in [2.75, 3.05) is 11.3 Å². The van der Waals surface area contributed by atoms with Crippen LogP contribution in [-0.4, -0.2) is 19.9 Å². The smallest absolute Gasteiger partial charge is 0.267 e. The van der Waals surface area contributed by atoms with Gasteiger partial charge in [-0.05, 0) is 26.8 Å². The van der Waals surface area contributed by atoms with E-state index in [1.807, 2.05) is 6.92 Å². The molecule has 2 rings (SSSR count). The van der Waals surface area contributed by atoms with Gasteiger partial charge >= 0.3 is 0 Å². The number of thiazole rings is 1. The van der Waals surface area contributed by atoms with Crippen molar-refractivity contribution in [3.63, 3.8) is 0 Å². The third-order valence-electron chi connectivity index (χ3n) is 2.78. The van der Waals surface area contributed by atoms with Gasteiger partial charge in [-0.1, -0.05) is 6.92 Å². The second kappa shape index (κ2) is 6.59. The van der Waals surface area contributed by atoms with Crippen molar-refractivity contribution in [2.45, 2.75) is 38.6 Å². The molecular weight excluding hydrogens is 310 g/mol. The Bertz CT molecular complexity index is 704. The molecule has 2 N–H and O–H groups in total. The number of aromatic nitrogens is 1. The molecule has 0 aliphatic heterocycles. The van der Waals surface area contributed by atoms with Crippen LogP contribution in [0.15, 0.2) is 20.8 Å². The average molecular weight is 329 g/mol. The Labute approximate surface area is 128 Å². The molecule has 6 nitrogen and oxygen atoms in total. The highest BCUT2D eigenvalue weighted by atomic mass is 32.2. The van der Waals surface area contributed by atoms with Crippen LogP contribution >= 0.6 is 11.3 Å². The van der Waals surface area contributed by atoms with Gasteiger partial charge < -0.3 is 9.73 Å². The largest absolute Gasteiger partial charge is 0.464 e. The quantitative estimate of drug-likeness (QED) is 0.763. The standard InChI is InChI=1S/C13H19N3O3S2/c1-4-5-14-7-11-6-12(10(3)19-11)21(17,18)16-13-15-9(2)8-20-13/h6,8,14H,4-5,7H2,1-3H3,(H,15,16). The number of nitrogens with zero attached hydrogens (tertiary/aromatic N) is 1. The van der Waals surface area contributed by atoms with Gasteiger partial charge in [-0.25, -0.2) is 13.4 Å². The van der Waals surface area contributed by atoms with Gasteiger partial charge in [-0.2, -0.15) is 0 Å². The zero-order valence-corrected chi connectivity index (χ0v) is 13.9. The fourth-order valence-corrected chi connectivity index (χ4v) is 3.98. The van der Waals surface area contributed by atoms with Crippen molar-refractivity contribution in [2.24, 2.45) is 0 Å². The van der Waals surface area contributed by atoms with Gasteiger partial charge in [-0.3, -0.25) is 4.72 Å². The van der Waals surface area contributed by atoms with Gasteiger partial charge in [0.25, 0.3) is 10.0 Å². The first kappa shape index (κ1) is 16.0. The third-order valence-corrected chi connectivity index (χ3v) is 5.23. The Morgan fingerprint density at radius 3 is 2.76 bits per heavy atom. The van der Waals surface area contributed by atoms with Crippen LogP contribution < -0.4 is 10.0 Å². The molecule has 0 radical (unpaired) electrons. The van der Waals surface area contributed by atoms with Crippen LogP contribution in [0, 0.1) is 13.8 Å². The molecule has 0 aliphatic carbocycles. The van der Waals surface area contributed by atoms with Crippen LogP contribution in [0.1, 0.15) is 30.6 Å². The minimum atomic E-state index is -3.66. The van der Waals surface area contributed by atoms with Gasteiger partial charge in [0.2, 0.25) is 0 Å². The first-order valence-corrected chi connectivity index (χ1v) is 9.03. The van der Waals surface area contributed by atoms with Crippen molar-refractivity contribution in [3.05, 3.63) is 28.7 Å². The maximum absolute atomic E-state index is 12.4. The molecule has 116 valence electrons. The van der Waals surface area contributed by atoms with Gasteiger partial charge in [0.1, 0.15) is 16.4 Å². The van der Waals surface area contributed by atoms with Crippen LogP contribution in [0.2, 0.25) is 0 Å². The van der Waals surface area contributed by atoms with E-state index in [0.717, 1.165) is 18.7 Å². The highest BCUT2D eigenvalue weighted by Gasteiger charge is 2.22. The van der Waals surface area contributed by atoms with Gasteiger partial charge in [0, 0.05) is 11.4 Å². The number of rotatable bonds is 7. The fraction of sp³-hybridized carbons (Fsp3) is 0.462. The summed E-state index contributed by atoms with van der Waals surface area (Å²) >= 11 is 1.26. The van der Waals surface area contributed by atoms with Crippen molar-refractivity contribution in [1.29, 1.82) is 0 Å². The van der Waals surface area contributed by atoms with Crippen LogP contribution in [0.5, 0.6) is 0 Å². The lowest BCUT2D eigenvalue weighted by molar-refractivity contribution is 0.457. The minimum Gasteiger partial charge on any atom is -0.464 e. The molecule has 0 amide bonds. The third kappa shape index (κ3) is 4.05. The number of nitrogens with one attached hydrogen (secondary N) is 2. The van der Waals surface area contributed by atoms with Crippen molar-refractivity contribution in [1.82, 2.24) is 10.3 Å². The first-order valence-electron chi connectivity index (χ1n) is 6.67. The molecule has 8 heteroatoms.